The summed E-state index contributed by atoms with van der Waals surface area (Å²) in [4.78, 5) is 60.0. The lowest BCUT2D eigenvalue weighted by atomic mass is 10.0. The van der Waals surface area contributed by atoms with E-state index in [1.54, 1.807) is 36.4 Å². The van der Waals surface area contributed by atoms with Crippen LogP contribution in [-0.4, -0.2) is 51.4 Å². The Bertz CT molecular complexity index is 1470. The van der Waals surface area contributed by atoms with E-state index in [0.29, 0.717) is 16.3 Å². The molecule has 4 rings (SSSR count). The Labute approximate surface area is 220 Å². The second-order valence-electron chi connectivity index (χ2n) is 8.35. The largest absolute Gasteiger partial charge is 0.494 e. The summed E-state index contributed by atoms with van der Waals surface area (Å²) in [6, 6.07) is 12.6. The van der Waals surface area contributed by atoms with Crippen molar-refractivity contribution >= 4 is 51.7 Å². The maximum absolute atomic E-state index is 12.6. The Morgan fingerprint density at radius 3 is 2.41 bits per heavy atom. The lowest BCUT2D eigenvalue weighted by Crippen LogP contribution is -2.29. The molecular weight excluding hydrogens is 520 g/mol. The van der Waals surface area contributed by atoms with Gasteiger partial charge in [-0.2, -0.15) is 0 Å². The van der Waals surface area contributed by atoms with E-state index in [4.69, 9.17) is 11.6 Å². The average molecular weight is 543 g/mol. The fourth-order valence-electron chi connectivity index (χ4n) is 3.63. The summed E-state index contributed by atoms with van der Waals surface area (Å²) in [5.41, 5.74) is 0.0930. The summed E-state index contributed by atoms with van der Waals surface area (Å²) in [5.74, 6) is -1.42. The highest BCUT2D eigenvalue weighted by atomic mass is 35.5. The van der Waals surface area contributed by atoms with Crippen LogP contribution in [0.2, 0.25) is 5.02 Å². The molecule has 0 saturated carbocycles. The first-order valence-corrected chi connectivity index (χ1v) is 12.3. The number of nitrogens with zero attached hydrogens (tertiary/aromatic N) is 2. The number of benzene rings is 2. The third kappa shape index (κ3) is 6.22. The minimum atomic E-state index is -1.05. The molecule has 5 N–H and O–H groups in total. The first-order valence-electron chi connectivity index (χ1n) is 11.0. The Kier molecular flexibility index (Phi) is 7.69. The van der Waals surface area contributed by atoms with Crippen molar-refractivity contribution in [3.63, 3.8) is 0 Å². The van der Waals surface area contributed by atoms with Crippen molar-refractivity contribution in [1.82, 2.24) is 15.3 Å². The van der Waals surface area contributed by atoms with Gasteiger partial charge in [0.1, 0.15) is 16.9 Å². The quantitative estimate of drug-likeness (QED) is 0.306. The highest BCUT2D eigenvalue weighted by molar-refractivity contribution is 8.15. The number of aromatic hydroxyl groups is 1. The molecule has 1 aromatic heterocycles. The number of halogens is 1. The number of anilines is 2. The van der Waals surface area contributed by atoms with Crippen molar-refractivity contribution in [1.29, 1.82) is 0 Å². The maximum Gasteiger partial charge on any atom is 0.328 e. The molecule has 0 bridgehead atoms. The second-order valence-corrected chi connectivity index (χ2v) is 9.98. The predicted octanol–water partition coefficient (Wildman–Crippen LogP) is 2.19. The van der Waals surface area contributed by atoms with E-state index >= 15 is 0 Å². The van der Waals surface area contributed by atoms with Gasteiger partial charge in [-0.25, -0.2) is 9.79 Å². The van der Waals surface area contributed by atoms with E-state index in [9.17, 15) is 24.3 Å². The van der Waals surface area contributed by atoms with Crippen molar-refractivity contribution in [3.05, 3.63) is 85.5 Å². The SMILES string of the molecule is CN(C)c1ccc([C@H](N=C2NC(=O)[C@H](CC(=O)Nc3ccc(Cl)cc3)S2)c2c(O)[nH]c(=O)[nH]c2=O)cc1. The number of hydrogen-bond donors (Lipinski definition) is 5. The summed E-state index contributed by atoms with van der Waals surface area (Å²) in [6.45, 7) is 0. The molecule has 2 atom stereocenters. The van der Waals surface area contributed by atoms with E-state index in [1.165, 1.54) is 0 Å². The summed E-state index contributed by atoms with van der Waals surface area (Å²) in [5, 5.41) is 15.7. The van der Waals surface area contributed by atoms with Crippen LogP contribution in [0.1, 0.15) is 23.6 Å². The molecule has 2 aromatic carbocycles. The van der Waals surface area contributed by atoms with Crippen LogP contribution in [0.5, 0.6) is 5.88 Å². The molecule has 1 saturated heterocycles. The van der Waals surface area contributed by atoms with Crippen molar-refractivity contribution in [2.75, 3.05) is 24.3 Å². The number of carbonyl (C=O) groups is 2. The van der Waals surface area contributed by atoms with Crippen molar-refractivity contribution < 1.29 is 14.7 Å². The number of rotatable bonds is 7. The van der Waals surface area contributed by atoms with E-state index < -0.39 is 34.3 Å². The van der Waals surface area contributed by atoms with Crippen LogP contribution in [0, 0.1) is 0 Å². The van der Waals surface area contributed by atoms with Crippen LogP contribution < -0.4 is 26.8 Å². The highest BCUT2D eigenvalue weighted by Crippen LogP contribution is 2.32. The zero-order valence-electron chi connectivity index (χ0n) is 19.7. The van der Waals surface area contributed by atoms with Crippen LogP contribution in [0.15, 0.2) is 63.1 Å². The van der Waals surface area contributed by atoms with E-state index in [-0.39, 0.29) is 23.1 Å². The third-order valence-electron chi connectivity index (χ3n) is 5.48. The number of amidine groups is 1. The lowest BCUT2D eigenvalue weighted by Gasteiger charge is -2.17. The number of aromatic nitrogens is 2. The number of carbonyl (C=O) groups excluding carboxylic acids is 2. The van der Waals surface area contributed by atoms with Crippen molar-refractivity contribution in [2.45, 2.75) is 17.7 Å². The Hall–Kier alpha value is -4.03. The van der Waals surface area contributed by atoms with Gasteiger partial charge in [0, 0.05) is 36.9 Å². The van der Waals surface area contributed by atoms with Gasteiger partial charge in [0.05, 0.1) is 0 Å². The molecule has 1 fully saturated rings. The number of nitrogens with one attached hydrogen (secondary N) is 4. The molecule has 192 valence electrons. The summed E-state index contributed by atoms with van der Waals surface area (Å²) in [7, 11) is 3.75. The summed E-state index contributed by atoms with van der Waals surface area (Å²) in [6.07, 6.45) is -0.120. The molecule has 0 aliphatic carbocycles. The first-order chi connectivity index (χ1) is 17.6. The molecule has 2 heterocycles. The minimum Gasteiger partial charge on any atom is -0.494 e. The number of aliphatic imine (C=N–C) groups is 1. The standard InChI is InChI=1S/C24H23ClN6O5S/c1-31(2)15-9-3-12(4-10-15)19(18-21(34)28-23(36)29-22(18)35)27-24-30-20(33)16(37-24)11-17(32)26-14-7-5-13(25)6-8-14/h3-10,16,19H,11H2,1-2H3,(H,26,32)(H,27,30,33)(H3,28,29,34,35,36)/t16-,19-/m0/s1. The van der Waals surface area contributed by atoms with Crippen LogP contribution in [-0.2, 0) is 9.59 Å². The summed E-state index contributed by atoms with van der Waals surface area (Å²) < 4.78 is 0. The van der Waals surface area contributed by atoms with Crippen LogP contribution >= 0.6 is 23.4 Å². The molecule has 11 nitrogen and oxygen atoms in total. The van der Waals surface area contributed by atoms with Gasteiger partial charge in [-0.05, 0) is 42.0 Å². The van der Waals surface area contributed by atoms with Crippen molar-refractivity contribution in [2.24, 2.45) is 4.99 Å². The minimum absolute atomic E-state index is 0.120. The van der Waals surface area contributed by atoms with Gasteiger partial charge in [0.15, 0.2) is 5.17 Å². The number of H-pyrrole nitrogens is 2. The molecule has 0 radical (unpaired) electrons. The van der Waals surface area contributed by atoms with Gasteiger partial charge >= 0.3 is 5.69 Å². The van der Waals surface area contributed by atoms with Crippen LogP contribution in [0.4, 0.5) is 11.4 Å². The molecule has 1 aliphatic heterocycles. The predicted molar refractivity (Wildman–Crippen MR) is 144 cm³/mol. The Morgan fingerprint density at radius 1 is 1.11 bits per heavy atom. The van der Waals surface area contributed by atoms with E-state index in [1.807, 2.05) is 31.1 Å². The first kappa shape index (κ1) is 26.0. The van der Waals surface area contributed by atoms with Crippen LogP contribution in [0.3, 0.4) is 0 Å². The summed E-state index contributed by atoms with van der Waals surface area (Å²) >= 11 is 6.89. The van der Waals surface area contributed by atoms with Gasteiger partial charge in [-0.1, -0.05) is 35.5 Å². The number of thioether (sulfide) groups is 1. The number of aromatic amines is 2. The van der Waals surface area contributed by atoms with Gasteiger partial charge < -0.3 is 20.6 Å². The van der Waals surface area contributed by atoms with Gasteiger partial charge in [0.25, 0.3) is 5.56 Å². The molecule has 0 spiro atoms. The second kappa shape index (κ2) is 10.9. The Balaban J connectivity index is 1.60. The number of hydrogen-bond acceptors (Lipinski definition) is 8. The normalized spacial score (nSPS) is 16.9. The number of amides is 2. The smallest absolute Gasteiger partial charge is 0.328 e. The van der Waals surface area contributed by atoms with E-state index in [0.717, 1.165) is 17.4 Å². The maximum atomic E-state index is 12.6. The fraction of sp³-hybridized carbons (Fsp3) is 0.208. The van der Waals surface area contributed by atoms with Crippen molar-refractivity contribution in [3.8, 4) is 5.88 Å². The zero-order valence-corrected chi connectivity index (χ0v) is 21.3. The monoisotopic (exact) mass is 542 g/mol. The third-order valence-corrected chi connectivity index (χ3v) is 6.83. The molecule has 1 aliphatic rings. The van der Waals surface area contributed by atoms with Crippen LogP contribution in [0.25, 0.3) is 0 Å². The highest BCUT2D eigenvalue weighted by Gasteiger charge is 2.33. The Morgan fingerprint density at radius 2 is 1.78 bits per heavy atom. The molecule has 0 unspecified atom stereocenters. The molecule has 3 aromatic rings. The average Bonchev–Trinajstić information content (AvgIpc) is 3.17. The van der Waals surface area contributed by atoms with E-state index in [2.05, 4.69) is 25.6 Å². The molecule has 13 heteroatoms. The van der Waals surface area contributed by atoms with Gasteiger partial charge in [-0.3, -0.25) is 24.4 Å². The molecular formula is C24H23ClN6O5S. The fourth-order valence-corrected chi connectivity index (χ4v) is 4.75. The zero-order chi connectivity index (χ0) is 26.7. The topological polar surface area (TPSA) is 160 Å². The van der Waals surface area contributed by atoms with Gasteiger partial charge in [0.2, 0.25) is 17.7 Å². The molecule has 2 amide bonds. The molecule has 37 heavy (non-hydrogen) atoms. The lowest BCUT2D eigenvalue weighted by molar-refractivity contribution is -0.122. The van der Waals surface area contributed by atoms with Gasteiger partial charge in [-0.15, -0.1) is 0 Å².